The van der Waals surface area contributed by atoms with Gasteiger partial charge < -0.3 is 15.7 Å². The Balaban J connectivity index is 2.01. The van der Waals surface area contributed by atoms with Crippen LogP contribution in [0.3, 0.4) is 0 Å². The van der Waals surface area contributed by atoms with E-state index >= 15 is 0 Å². The van der Waals surface area contributed by atoms with Crippen molar-refractivity contribution in [2.45, 2.75) is 50.7 Å². The van der Waals surface area contributed by atoms with Gasteiger partial charge in [0.05, 0.1) is 5.60 Å². The standard InChI is InChI=1S/C16H26N2O/c1-3-15(17)13-6-8-14(9-7-13)18(2)12-16(19)10-4-5-11-16/h6-9,15,19H,3-5,10-12,17H2,1-2H3/t15-/m0/s1. The summed E-state index contributed by atoms with van der Waals surface area (Å²) in [6.45, 7) is 2.81. The molecular weight excluding hydrogens is 236 g/mol. The second-order valence-corrected chi connectivity index (χ2v) is 5.89. The van der Waals surface area contributed by atoms with Crippen LogP contribution in [0.1, 0.15) is 50.6 Å². The molecular formula is C16H26N2O. The van der Waals surface area contributed by atoms with Crippen LogP contribution >= 0.6 is 0 Å². The number of nitrogens with two attached hydrogens (primary N) is 1. The second-order valence-electron chi connectivity index (χ2n) is 5.89. The van der Waals surface area contributed by atoms with Crippen molar-refractivity contribution in [3.05, 3.63) is 29.8 Å². The second kappa shape index (κ2) is 5.93. The molecule has 1 aliphatic rings. The van der Waals surface area contributed by atoms with E-state index in [4.69, 9.17) is 5.73 Å². The first-order valence-corrected chi connectivity index (χ1v) is 7.33. The van der Waals surface area contributed by atoms with E-state index in [-0.39, 0.29) is 6.04 Å². The lowest BCUT2D eigenvalue weighted by Gasteiger charge is -2.30. The molecule has 0 saturated heterocycles. The van der Waals surface area contributed by atoms with Crippen LogP contribution in [-0.4, -0.2) is 24.3 Å². The Morgan fingerprint density at radius 3 is 2.37 bits per heavy atom. The van der Waals surface area contributed by atoms with Gasteiger partial charge in [-0.1, -0.05) is 31.9 Å². The maximum Gasteiger partial charge on any atom is 0.0821 e. The molecule has 1 aromatic carbocycles. The van der Waals surface area contributed by atoms with Crippen molar-refractivity contribution in [2.24, 2.45) is 5.73 Å². The fraction of sp³-hybridized carbons (Fsp3) is 0.625. The van der Waals surface area contributed by atoms with Crippen molar-refractivity contribution in [1.29, 1.82) is 0 Å². The number of rotatable bonds is 5. The van der Waals surface area contributed by atoms with Gasteiger partial charge in [-0.15, -0.1) is 0 Å². The molecule has 3 nitrogen and oxygen atoms in total. The molecule has 0 unspecified atom stereocenters. The Bertz CT molecular complexity index is 396. The highest BCUT2D eigenvalue weighted by atomic mass is 16.3. The van der Waals surface area contributed by atoms with Gasteiger partial charge in [0.25, 0.3) is 0 Å². The predicted octanol–water partition coefficient (Wildman–Crippen LogP) is 2.84. The molecule has 106 valence electrons. The minimum atomic E-state index is -0.493. The third kappa shape index (κ3) is 3.48. The summed E-state index contributed by atoms with van der Waals surface area (Å²) in [6, 6.07) is 8.52. The lowest BCUT2D eigenvalue weighted by molar-refractivity contribution is 0.0559. The van der Waals surface area contributed by atoms with Gasteiger partial charge in [0.2, 0.25) is 0 Å². The Labute approximate surface area is 116 Å². The summed E-state index contributed by atoms with van der Waals surface area (Å²) >= 11 is 0. The monoisotopic (exact) mass is 262 g/mol. The highest BCUT2D eigenvalue weighted by molar-refractivity contribution is 5.47. The minimum absolute atomic E-state index is 0.123. The largest absolute Gasteiger partial charge is 0.388 e. The Morgan fingerprint density at radius 1 is 1.26 bits per heavy atom. The van der Waals surface area contributed by atoms with Gasteiger partial charge in [0.15, 0.2) is 0 Å². The normalized spacial score (nSPS) is 19.4. The summed E-state index contributed by atoms with van der Waals surface area (Å²) in [5.74, 6) is 0. The molecule has 3 heteroatoms. The maximum absolute atomic E-state index is 10.4. The summed E-state index contributed by atoms with van der Waals surface area (Å²) in [5.41, 5.74) is 7.85. The van der Waals surface area contributed by atoms with Gasteiger partial charge in [-0.3, -0.25) is 0 Å². The van der Waals surface area contributed by atoms with E-state index in [0.29, 0.717) is 6.54 Å². The van der Waals surface area contributed by atoms with Crippen molar-refractivity contribution in [3.8, 4) is 0 Å². The summed E-state index contributed by atoms with van der Waals surface area (Å²) in [7, 11) is 2.05. The van der Waals surface area contributed by atoms with Crippen molar-refractivity contribution < 1.29 is 5.11 Å². The van der Waals surface area contributed by atoms with Crippen LogP contribution in [-0.2, 0) is 0 Å². The zero-order valence-corrected chi connectivity index (χ0v) is 12.1. The Kier molecular flexibility index (Phi) is 4.48. The van der Waals surface area contributed by atoms with E-state index in [1.54, 1.807) is 0 Å². The summed E-state index contributed by atoms with van der Waals surface area (Å²) in [4.78, 5) is 2.15. The van der Waals surface area contributed by atoms with Crippen molar-refractivity contribution in [3.63, 3.8) is 0 Å². The van der Waals surface area contributed by atoms with Gasteiger partial charge in [-0.2, -0.15) is 0 Å². The zero-order chi connectivity index (χ0) is 13.9. The smallest absolute Gasteiger partial charge is 0.0821 e. The summed E-state index contributed by atoms with van der Waals surface area (Å²) < 4.78 is 0. The van der Waals surface area contributed by atoms with Crippen LogP contribution in [0.25, 0.3) is 0 Å². The molecule has 0 heterocycles. The summed E-state index contributed by atoms with van der Waals surface area (Å²) in [6.07, 6.45) is 5.10. The molecule has 0 aromatic heterocycles. The number of nitrogens with zero attached hydrogens (tertiary/aromatic N) is 1. The molecule has 0 spiro atoms. The fourth-order valence-corrected chi connectivity index (χ4v) is 2.94. The van der Waals surface area contributed by atoms with Crippen LogP contribution < -0.4 is 10.6 Å². The number of anilines is 1. The highest BCUT2D eigenvalue weighted by Gasteiger charge is 2.32. The topological polar surface area (TPSA) is 49.5 Å². The first-order chi connectivity index (χ1) is 9.04. The minimum Gasteiger partial charge on any atom is -0.388 e. The highest BCUT2D eigenvalue weighted by Crippen LogP contribution is 2.31. The molecule has 1 saturated carbocycles. The Morgan fingerprint density at radius 2 is 1.84 bits per heavy atom. The number of hydrogen-bond donors (Lipinski definition) is 2. The molecule has 1 atom stereocenters. The van der Waals surface area contributed by atoms with Crippen LogP contribution in [0, 0.1) is 0 Å². The molecule has 0 bridgehead atoms. The van der Waals surface area contributed by atoms with Crippen LogP contribution in [0.4, 0.5) is 5.69 Å². The van der Waals surface area contributed by atoms with Crippen LogP contribution in [0.5, 0.6) is 0 Å². The van der Waals surface area contributed by atoms with Crippen LogP contribution in [0.2, 0.25) is 0 Å². The quantitative estimate of drug-likeness (QED) is 0.858. The van der Waals surface area contributed by atoms with Gasteiger partial charge in [0.1, 0.15) is 0 Å². The van der Waals surface area contributed by atoms with E-state index in [2.05, 4.69) is 36.1 Å². The number of hydrogen-bond acceptors (Lipinski definition) is 3. The SMILES string of the molecule is CC[C@H](N)c1ccc(N(C)CC2(O)CCCC2)cc1. The zero-order valence-electron chi connectivity index (χ0n) is 12.1. The van der Waals surface area contributed by atoms with Crippen molar-refractivity contribution >= 4 is 5.69 Å². The first-order valence-electron chi connectivity index (χ1n) is 7.33. The average molecular weight is 262 g/mol. The first kappa shape index (κ1) is 14.4. The summed E-state index contributed by atoms with van der Waals surface area (Å²) in [5, 5.41) is 10.4. The van der Waals surface area contributed by atoms with E-state index in [9.17, 15) is 5.11 Å². The molecule has 3 N–H and O–H groups in total. The third-order valence-corrected chi connectivity index (χ3v) is 4.27. The molecule has 2 rings (SSSR count). The van der Waals surface area contributed by atoms with Crippen molar-refractivity contribution in [2.75, 3.05) is 18.5 Å². The molecule has 1 aromatic rings. The van der Waals surface area contributed by atoms with E-state index < -0.39 is 5.60 Å². The lowest BCUT2D eigenvalue weighted by atomic mass is 10.0. The van der Waals surface area contributed by atoms with E-state index in [1.165, 1.54) is 5.56 Å². The van der Waals surface area contributed by atoms with Gasteiger partial charge in [-0.05, 0) is 37.0 Å². The predicted molar refractivity (Wildman–Crippen MR) is 80.3 cm³/mol. The molecule has 0 radical (unpaired) electrons. The van der Waals surface area contributed by atoms with Crippen molar-refractivity contribution in [1.82, 2.24) is 0 Å². The fourth-order valence-electron chi connectivity index (χ4n) is 2.94. The van der Waals surface area contributed by atoms with E-state index in [1.807, 2.05) is 7.05 Å². The molecule has 19 heavy (non-hydrogen) atoms. The number of likely N-dealkylation sites (N-methyl/N-ethyl adjacent to an activating group) is 1. The number of benzene rings is 1. The van der Waals surface area contributed by atoms with Gasteiger partial charge >= 0.3 is 0 Å². The average Bonchev–Trinajstić information content (AvgIpc) is 2.84. The molecule has 0 amide bonds. The van der Waals surface area contributed by atoms with Gasteiger partial charge in [0, 0.05) is 25.3 Å². The number of aliphatic hydroxyl groups is 1. The van der Waals surface area contributed by atoms with Crippen LogP contribution in [0.15, 0.2) is 24.3 Å². The molecule has 1 fully saturated rings. The molecule has 1 aliphatic carbocycles. The lowest BCUT2D eigenvalue weighted by Crippen LogP contribution is -2.39. The van der Waals surface area contributed by atoms with Gasteiger partial charge in [-0.25, -0.2) is 0 Å². The van der Waals surface area contributed by atoms with E-state index in [0.717, 1.165) is 37.8 Å². The Hall–Kier alpha value is -1.06. The molecule has 0 aliphatic heterocycles. The third-order valence-electron chi connectivity index (χ3n) is 4.27. The maximum atomic E-state index is 10.4.